The molecular formula is C20H19N7O3S. The van der Waals surface area contributed by atoms with Gasteiger partial charge in [0.25, 0.3) is 0 Å². The van der Waals surface area contributed by atoms with Gasteiger partial charge in [-0.15, -0.1) is 5.10 Å². The van der Waals surface area contributed by atoms with E-state index < -0.39 is 10.0 Å². The molecule has 0 bridgehead atoms. The number of tetrazole rings is 1. The predicted molar refractivity (Wildman–Crippen MR) is 109 cm³/mol. The molecule has 1 aliphatic heterocycles. The lowest BCUT2D eigenvalue weighted by atomic mass is 10.1. The zero-order valence-electron chi connectivity index (χ0n) is 16.5. The molecule has 4 rings (SSSR count). The maximum Gasteiger partial charge on any atom is 0.244 e. The highest BCUT2D eigenvalue weighted by Gasteiger charge is 2.31. The van der Waals surface area contributed by atoms with Gasteiger partial charge < -0.3 is 4.90 Å². The van der Waals surface area contributed by atoms with Crippen LogP contribution >= 0.6 is 0 Å². The van der Waals surface area contributed by atoms with Crippen LogP contribution in [0, 0.1) is 11.3 Å². The van der Waals surface area contributed by atoms with Gasteiger partial charge in [-0.2, -0.15) is 9.57 Å². The summed E-state index contributed by atoms with van der Waals surface area (Å²) < 4.78 is 28.7. The first-order chi connectivity index (χ1) is 15.0. The Balaban J connectivity index is 1.37. The lowest BCUT2D eigenvalue weighted by Crippen LogP contribution is -2.50. The summed E-state index contributed by atoms with van der Waals surface area (Å²) in [6.07, 6.45) is 1.71. The van der Waals surface area contributed by atoms with Crippen LogP contribution < -0.4 is 0 Å². The molecule has 0 aliphatic carbocycles. The molecule has 0 unspecified atom stereocenters. The maximum atomic E-state index is 12.9. The van der Waals surface area contributed by atoms with Gasteiger partial charge in [0.15, 0.2) is 0 Å². The van der Waals surface area contributed by atoms with Gasteiger partial charge >= 0.3 is 0 Å². The highest BCUT2D eigenvalue weighted by molar-refractivity contribution is 7.89. The Morgan fingerprint density at radius 1 is 1.03 bits per heavy atom. The summed E-state index contributed by atoms with van der Waals surface area (Å²) >= 11 is 0. The van der Waals surface area contributed by atoms with Crippen LogP contribution in [0.4, 0.5) is 0 Å². The summed E-state index contributed by atoms with van der Waals surface area (Å²) in [6, 6.07) is 15.4. The number of amides is 1. The van der Waals surface area contributed by atoms with Gasteiger partial charge in [0.1, 0.15) is 12.4 Å². The van der Waals surface area contributed by atoms with Crippen molar-refractivity contribution in [1.82, 2.24) is 29.4 Å². The number of carbonyl (C=O) groups is 1. The van der Waals surface area contributed by atoms with Crippen LogP contribution in [0.5, 0.6) is 0 Å². The molecule has 2 heterocycles. The number of nitriles is 1. The van der Waals surface area contributed by atoms with Gasteiger partial charge in [-0.25, -0.2) is 13.1 Å². The molecule has 1 aliphatic rings. The molecule has 158 valence electrons. The number of sulfonamides is 1. The van der Waals surface area contributed by atoms with Crippen LogP contribution in [0.2, 0.25) is 0 Å². The number of nitrogens with zero attached hydrogens (tertiary/aromatic N) is 7. The largest absolute Gasteiger partial charge is 0.340 e. The van der Waals surface area contributed by atoms with E-state index in [-0.39, 0.29) is 35.9 Å². The van der Waals surface area contributed by atoms with Crippen molar-refractivity contribution in [3.63, 3.8) is 0 Å². The monoisotopic (exact) mass is 437 g/mol. The third kappa shape index (κ3) is 4.30. The fourth-order valence-electron chi connectivity index (χ4n) is 3.43. The molecule has 3 aromatic rings. The first kappa shape index (κ1) is 20.6. The van der Waals surface area contributed by atoms with Crippen molar-refractivity contribution in [3.8, 4) is 11.8 Å². The Hall–Kier alpha value is -3.62. The van der Waals surface area contributed by atoms with Crippen molar-refractivity contribution in [2.24, 2.45) is 0 Å². The lowest BCUT2D eigenvalue weighted by Gasteiger charge is -2.34. The predicted octanol–water partition coefficient (Wildman–Crippen LogP) is 0.610. The van der Waals surface area contributed by atoms with Crippen LogP contribution in [-0.2, 0) is 21.2 Å². The molecule has 11 heteroatoms. The van der Waals surface area contributed by atoms with Crippen LogP contribution in [0.15, 0.2) is 59.8 Å². The minimum Gasteiger partial charge on any atom is -0.340 e. The van der Waals surface area contributed by atoms with Gasteiger partial charge in [-0.1, -0.05) is 24.3 Å². The van der Waals surface area contributed by atoms with Crippen molar-refractivity contribution in [2.75, 3.05) is 26.2 Å². The summed E-state index contributed by atoms with van der Waals surface area (Å²) in [5, 5.41) is 20.2. The Bertz CT molecular complexity index is 1210. The van der Waals surface area contributed by atoms with Crippen molar-refractivity contribution in [1.29, 1.82) is 5.26 Å². The van der Waals surface area contributed by atoms with E-state index in [9.17, 15) is 18.5 Å². The quantitative estimate of drug-likeness (QED) is 0.572. The van der Waals surface area contributed by atoms with Crippen molar-refractivity contribution in [2.45, 2.75) is 11.3 Å². The maximum absolute atomic E-state index is 12.9. The van der Waals surface area contributed by atoms with E-state index >= 15 is 0 Å². The molecule has 1 amide bonds. The minimum atomic E-state index is -3.78. The van der Waals surface area contributed by atoms with Crippen molar-refractivity contribution in [3.05, 3.63) is 66.0 Å². The minimum absolute atomic E-state index is 0.0000479. The zero-order chi connectivity index (χ0) is 21.8. The standard InChI is InChI=1S/C20H19N7O3S/c21-14-17-3-1-2-4-19(17)31(29,30)26-11-9-25(10-12-26)20(28)13-16-5-7-18(8-6-16)27-15-22-23-24-27/h1-8,15H,9-13H2. The lowest BCUT2D eigenvalue weighted by molar-refractivity contribution is -0.131. The molecular weight excluding hydrogens is 418 g/mol. The van der Waals surface area contributed by atoms with Crippen molar-refractivity contribution < 1.29 is 13.2 Å². The first-order valence-electron chi connectivity index (χ1n) is 9.58. The topological polar surface area (TPSA) is 125 Å². The third-order valence-corrected chi connectivity index (χ3v) is 7.08. The van der Waals surface area contributed by atoms with E-state index in [1.807, 2.05) is 30.3 Å². The third-order valence-electron chi connectivity index (χ3n) is 5.12. The van der Waals surface area contributed by atoms with E-state index in [0.29, 0.717) is 13.1 Å². The van der Waals surface area contributed by atoms with Gasteiger partial charge in [-0.3, -0.25) is 4.79 Å². The molecule has 1 aromatic heterocycles. The highest BCUT2D eigenvalue weighted by atomic mass is 32.2. The number of aromatic nitrogens is 4. The average molecular weight is 437 g/mol. The van der Waals surface area contributed by atoms with E-state index in [2.05, 4.69) is 15.5 Å². The molecule has 1 fully saturated rings. The van der Waals surface area contributed by atoms with Gasteiger partial charge in [0.2, 0.25) is 15.9 Å². The molecule has 2 aromatic carbocycles. The molecule has 0 radical (unpaired) electrons. The Kier molecular flexibility index (Phi) is 5.75. The number of rotatable bonds is 5. The first-order valence-corrected chi connectivity index (χ1v) is 11.0. The number of hydrogen-bond donors (Lipinski definition) is 0. The van der Waals surface area contributed by atoms with Crippen LogP contribution in [0.25, 0.3) is 5.69 Å². The normalized spacial score (nSPS) is 14.9. The summed E-state index contributed by atoms with van der Waals surface area (Å²) in [7, 11) is -3.78. The Labute approximate surface area is 179 Å². The number of hydrogen-bond acceptors (Lipinski definition) is 7. The summed E-state index contributed by atoms with van der Waals surface area (Å²) in [5.74, 6) is -0.0651. The van der Waals surface area contributed by atoms with E-state index in [0.717, 1.165) is 11.3 Å². The zero-order valence-corrected chi connectivity index (χ0v) is 17.3. The van der Waals surface area contributed by atoms with Gasteiger partial charge in [0.05, 0.1) is 22.6 Å². The molecule has 0 spiro atoms. The highest BCUT2D eigenvalue weighted by Crippen LogP contribution is 2.21. The summed E-state index contributed by atoms with van der Waals surface area (Å²) in [5.41, 5.74) is 1.75. The Morgan fingerprint density at radius 3 is 2.39 bits per heavy atom. The summed E-state index contributed by atoms with van der Waals surface area (Å²) in [6.45, 7) is 0.975. The number of benzene rings is 2. The molecule has 0 N–H and O–H groups in total. The number of carbonyl (C=O) groups excluding carboxylic acids is 1. The van der Waals surface area contributed by atoms with Crippen LogP contribution in [-0.4, -0.2) is 69.9 Å². The van der Waals surface area contributed by atoms with Gasteiger partial charge in [0, 0.05) is 26.2 Å². The van der Waals surface area contributed by atoms with Gasteiger partial charge in [-0.05, 0) is 40.3 Å². The molecule has 31 heavy (non-hydrogen) atoms. The smallest absolute Gasteiger partial charge is 0.244 e. The Morgan fingerprint density at radius 2 is 1.74 bits per heavy atom. The second-order valence-electron chi connectivity index (χ2n) is 6.99. The molecule has 1 saturated heterocycles. The SMILES string of the molecule is N#Cc1ccccc1S(=O)(=O)N1CCN(C(=O)Cc2ccc(-n3cnnn3)cc2)CC1. The van der Waals surface area contributed by atoms with Crippen LogP contribution in [0.3, 0.4) is 0 Å². The summed E-state index contributed by atoms with van der Waals surface area (Å²) in [4.78, 5) is 14.3. The van der Waals surface area contributed by atoms with E-state index in [4.69, 9.17) is 0 Å². The molecule has 10 nitrogen and oxygen atoms in total. The van der Waals surface area contributed by atoms with E-state index in [1.54, 1.807) is 17.0 Å². The fourth-order valence-corrected chi connectivity index (χ4v) is 5.00. The van der Waals surface area contributed by atoms with E-state index in [1.165, 1.54) is 27.4 Å². The second kappa shape index (κ2) is 8.63. The number of piperazine rings is 1. The molecule has 0 saturated carbocycles. The molecule has 0 atom stereocenters. The second-order valence-corrected chi connectivity index (χ2v) is 8.90. The fraction of sp³-hybridized carbons (Fsp3) is 0.250. The van der Waals surface area contributed by atoms with Crippen LogP contribution in [0.1, 0.15) is 11.1 Å². The average Bonchev–Trinajstić information content (AvgIpc) is 3.34. The van der Waals surface area contributed by atoms with Crippen molar-refractivity contribution >= 4 is 15.9 Å².